The molecule has 1 saturated heterocycles. The van der Waals surface area contributed by atoms with Gasteiger partial charge in [-0.1, -0.05) is 136 Å². The highest BCUT2D eigenvalue weighted by atomic mass is 35.5. The van der Waals surface area contributed by atoms with E-state index in [0.29, 0.717) is 23.1 Å². The van der Waals surface area contributed by atoms with Crippen molar-refractivity contribution in [2.75, 3.05) is 6.61 Å². The number of carboxylic acids is 1. The van der Waals surface area contributed by atoms with Gasteiger partial charge in [0.25, 0.3) is 8.32 Å². The second-order valence-corrected chi connectivity index (χ2v) is 20.3. The Morgan fingerprint density at radius 1 is 0.878 bits per heavy atom. The van der Waals surface area contributed by atoms with E-state index in [4.69, 9.17) is 27.6 Å². The van der Waals surface area contributed by atoms with Crippen molar-refractivity contribution in [1.29, 1.82) is 0 Å². The van der Waals surface area contributed by atoms with E-state index in [9.17, 15) is 9.90 Å². The molecule has 1 aliphatic carbocycles. The Morgan fingerprint density at radius 2 is 1.47 bits per heavy atom. The molecule has 256 valence electrons. The molecule has 0 spiro atoms. The highest BCUT2D eigenvalue weighted by molar-refractivity contribution is 6.99. The van der Waals surface area contributed by atoms with Crippen molar-refractivity contribution < 1.29 is 19.1 Å². The number of likely N-dealkylation sites (tertiary alicyclic amines) is 1. The number of benzene rings is 4. The molecular weight excluding hydrogens is 669 g/mol. The molecule has 0 bridgehead atoms. The van der Waals surface area contributed by atoms with Crippen molar-refractivity contribution in [3.05, 3.63) is 130 Å². The van der Waals surface area contributed by atoms with E-state index < -0.39 is 19.7 Å². The van der Waals surface area contributed by atoms with Crippen LogP contribution in [0.1, 0.15) is 76.5 Å². The van der Waals surface area contributed by atoms with Gasteiger partial charge in [-0.3, -0.25) is 9.59 Å². The number of carbonyl (C=O) groups excluding carboxylic acids is 1. The fraction of sp³-hybridized carbons (Fsp3) is 0.366. The van der Waals surface area contributed by atoms with Crippen LogP contribution in [0, 0.1) is 11.3 Å². The monoisotopic (exact) mass is 713 g/mol. The molecule has 8 heteroatoms. The number of piperidine rings is 1. The topological polar surface area (TPSA) is 66.8 Å². The summed E-state index contributed by atoms with van der Waals surface area (Å²) in [6.45, 7) is 8.92. The number of nitrogens with zero attached hydrogens (tertiary/aromatic N) is 1. The Balaban J connectivity index is 1.52. The van der Waals surface area contributed by atoms with Gasteiger partial charge in [-0.2, -0.15) is 0 Å². The van der Waals surface area contributed by atoms with E-state index in [-0.39, 0.29) is 41.3 Å². The summed E-state index contributed by atoms with van der Waals surface area (Å²) >= 11 is 13.0. The zero-order valence-corrected chi connectivity index (χ0v) is 31.1. The van der Waals surface area contributed by atoms with Gasteiger partial charge in [0.1, 0.15) is 0 Å². The maximum Gasteiger partial charge on any atom is 0.304 e. The summed E-state index contributed by atoms with van der Waals surface area (Å²) in [7, 11) is -2.94. The Morgan fingerprint density at radius 3 is 1.98 bits per heavy atom. The van der Waals surface area contributed by atoms with Crippen LogP contribution in [0.4, 0.5) is 0 Å². The molecule has 1 heterocycles. The van der Waals surface area contributed by atoms with Crippen molar-refractivity contribution in [2.45, 2.75) is 76.4 Å². The van der Waals surface area contributed by atoms with Crippen LogP contribution in [0.25, 0.3) is 0 Å². The highest BCUT2D eigenvalue weighted by Crippen LogP contribution is 2.54. The Bertz CT molecular complexity index is 1740. The first-order valence-corrected chi connectivity index (χ1v) is 19.8. The van der Waals surface area contributed by atoms with Crippen LogP contribution in [0.3, 0.4) is 0 Å². The van der Waals surface area contributed by atoms with Crippen molar-refractivity contribution in [1.82, 2.24) is 4.90 Å². The minimum atomic E-state index is -2.94. The highest BCUT2D eigenvalue weighted by Gasteiger charge is 2.56. The standard InChI is InChI=1S/C41H45Cl2NO4Si/c1-40(2,3)49(33-14-7-5-8-15-33,34-16-9-6-10-17-34)48-27-36(28-18-19-28)44-38(29-20-22-31(42)23-21-29)35(30-12-11-13-32(43)24-30)25-41(4,39(44)47)26-37(45)46/h5-17,20-24,28,35-36,38H,18-19,25-27H2,1-4H3,(H,45,46)/t35-,36-,38-,41+/m1/s1. The molecule has 1 aliphatic heterocycles. The van der Waals surface area contributed by atoms with Crippen molar-refractivity contribution in [3.63, 3.8) is 0 Å². The quantitative estimate of drug-likeness (QED) is 0.158. The number of carboxylic acid groups (broad SMARTS) is 1. The maximum atomic E-state index is 15.1. The molecule has 1 amide bonds. The van der Waals surface area contributed by atoms with Crippen LogP contribution in [0.15, 0.2) is 109 Å². The predicted molar refractivity (Wildman–Crippen MR) is 200 cm³/mol. The van der Waals surface area contributed by atoms with Gasteiger partial charge >= 0.3 is 5.97 Å². The lowest BCUT2D eigenvalue weighted by Crippen LogP contribution is -2.68. The third-order valence-electron chi connectivity index (χ3n) is 10.5. The molecule has 4 aromatic rings. The van der Waals surface area contributed by atoms with Gasteiger partial charge in [-0.15, -0.1) is 0 Å². The molecule has 0 aromatic heterocycles. The number of hydrogen-bond donors (Lipinski definition) is 1. The summed E-state index contributed by atoms with van der Waals surface area (Å²) in [5.74, 6) is -1.12. The molecule has 1 N–H and O–H groups in total. The number of aliphatic carboxylic acids is 1. The Kier molecular flexibility index (Phi) is 10.2. The predicted octanol–water partition coefficient (Wildman–Crippen LogP) is 8.89. The molecule has 49 heavy (non-hydrogen) atoms. The summed E-state index contributed by atoms with van der Waals surface area (Å²) in [6.07, 6.45) is 2.06. The first kappa shape index (κ1) is 35.4. The first-order valence-electron chi connectivity index (χ1n) is 17.1. The van der Waals surface area contributed by atoms with Crippen molar-refractivity contribution in [2.24, 2.45) is 11.3 Å². The molecule has 0 unspecified atom stereocenters. The van der Waals surface area contributed by atoms with Crippen LogP contribution in [0.5, 0.6) is 0 Å². The van der Waals surface area contributed by atoms with Gasteiger partial charge in [0, 0.05) is 16.0 Å². The SMILES string of the molecule is CC(C)(C)[Si](OC[C@H](C1CC1)N1C(=O)[C@](C)(CC(=O)O)C[C@H](c2cccc(Cl)c2)[C@H]1c1ccc(Cl)cc1)(c1ccccc1)c1ccccc1. The van der Waals surface area contributed by atoms with Crippen molar-refractivity contribution in [3.8, 4) is 0 Å². The molecule has 4 atom stereocenters. The van der Waals surface area contributed by atoms with Gasteiger partial charge in [0.15, 0.2) is 0 Å². The molecule has 1 saturated carbocycles. The van der Waals surface area contributed by atoms with E-state index in [1.165, 1.54) is 10.4 Å². The van der Waals surface area contributed by atoms with E-state index in [1.54, 1.807) is 0 Å². The lowest BCUT2D eigenvalue weighted by Gasteiger charge is -2.53. The van der Waals surface area contributed by atoms with Crippen LogP contribution < -0.4 is 10.4 Å². The maximum absolute atomic E-state index is 15.1. The minimum absolute atomic E-state index is 0.143. The van der Waals surface area contributed by atoms with Gasteiger partial charge in [0.05, 0.1) is 30.5 Å². The summed E-state index contributed by atoms with van der Waals surface area (Å²) in [6, 6.07) is 35.9. The van der Waals surface area contributed by atoms with Crippen molar-refractivity contribution >= 4 is 53.8 Å². The third kappa shape index (κ3) is 7.11. The lowest BCUT2D eigenvalue weighted by molar-refractivity contribution is -0.162. The number of halogens is 2. The average Bonchev–Trinajstić information content (AvgIpc) is 3.91. The number of hydrogen-bond acceptors (Lipinski definition) is 3. The Hall–Kier alpha value is -3.42. The smallest absolute Gasteiger partial charge is 0.304 e. The van der Waals surface area contributed by atoms with E-state index >= 15 is 4.79 Å². The molecular formula is C41H45Cl2NO4Si. The lowest BCUT2D eigenvalue weighted by atomic mass is 9.67. The normalized spacial score (nSPS) is 22.2. The number of rotatable bonds is 11. The fourth-order valence-electron chi connectivity index (χ4n) is 8.14. The average molecular weight is 715 g/mol. The van der Waals surface area contributed by atoms with Crippen LogP contribution >= 0.6 is 23.2 Å². The van der Waals surface area contributed by atoms with Crippen LogP contribution in [-0.4, -0.2) is 42.8 Å². The van der Waals surface area contributed by atoms with E-state index in [2.05, 4.69) is 69.3 Å². The van der Waals surface area contributed by atoms with Gasteiger partial charge in [-0.25, -0.2) is 0 Å². The molecule has 0 radical (unpaired) electrons. The summed E-state index contributed by atoms with van der Waals surface area (Å²) in [5.41, 5.74) is 0.798. The largest absolute Gasteiger partial charge is 0.481 e. The molecule has 5 nitrogen and oxygen atoms in total. The summed E-state index contributed by atoms with van der Waals surface area (Å²) in [5, 5.41) is 13.5. The molecule has 2 aliphatic rings. The third-order valence-corrected chi connectivity index (χ3v) is 16.0. The van der Waals surface area contributed by atoms with E-state index in [1.807, 2.05) is 72.5 Å². The van der Waals surface area contributed by atoms with Gasteiger partial charge in [0.2, 0.25) is 5.91 Å². The van der Waals surface area contributed by atoms with Gasteiger partial charge in [-0.05, 0) is 76.0 Å². The van der Waals surface area contributed by atoms with Crippen LogP contribution in [0.2, 0.25) is 15.1 Å². The van der Waals surface area contributed by atoms with Gasteiger partial charge < -0.3 is 14.4 Å². The molecule has 4 aromatic carbocycles. The molecule has 6 rings (SSSR count). The zero-order valence-electron chi connectivity index (χ0n) is 28.6. The number of amides is 1. The second-order valence-electron chi connectivity index (χ2n) is 15.1. The Labute approximate surface area is 301 Å². The first-order chi connectivity index (χ1) is 23.3. The molecule has 2 fully saturated rings. The van der Waals surface area contributed by atoms with Crippen LogP contribution in [-0.2, 0) is 14.0 Å². The summed E-state index contributed by atoms with van der Waals surface area (Å²) in [4.78, 5) is 29.5. The minimum Gasteiger partial charge on any atom is -0.481 e. The fourth-order valence-corrected chi connectivity index (χ4v) is 13.0. The zero-order chi connectivity index (χ0) is 35.0. The second kappa shape index (κ2) is 14.1. The summed E-state index contributed by atoms with van der Waals surface area (Å²) < 4.78 is 7.53. The van der Waals surface area contributed by atoms with E-state index in [0.717, 1.165) is 24.0 Å². The number of carbonyl (C=O) groups is 2.